The van der Waals surface area contributed by atoms with Crippen molar-refractivity contribution in [2.45, 2.75) is 39.2 Å². The summed E-state index contributed by atoms with van der Waals surface area (Å²) in [5, 5.41) is 12.7. The molecule has 0 rings (SSSR count). The van der Waals surface area contributed by atoms with Gasteiger partial charge in [-0.05, 0) is 26.0 Å². The van der Waals surface area contributed by atoms with E-state index in [1.165, 1.54) is 0 Å². The van der Waals surface area contributed by atoms with E-state index in [1.54, 1.807) is 18.7 Å². The summed E-state index contributed by atoms with van der Waals surface area (Å²) in [7, 11) is 0. The maximum Gasteiger partial charge on any atom is 0.223 e. The summed E-state index contributed by atoms with van der Waals surface area (Å²) in [5.41, 5.74) is -0.804. The smallest absolute Gasteiger partial charge is 0.223 e. The first-order chi connectivity index (χ1) is 6.96. The second-order valence-corrected chi connectivity index (χ2v) is 5.03. The maximum atomic E-state index is 11.6. The van der Waals surface area contributed by atoms with E-state index in [-0.39, 0.29) is 11.8 Å². The van der Waals surface area contributed by atoms with Crippen molar-refractivity contribution in [2.24, 2.45) is 5.92 Å². The molecule has 1 amide bonds. The van der Waals surface area contributed by atoms with Crippen LogP contribution in [0.2, 0.25) is 0 Å². The first-order valence-electron chi connectivity index (χ1n) is 5.45. The molecule has 0 unspecified atom stereocenters. The average molecular weight is 233 g/mol. The summed E-state index contributed by atoms with van der Waals surface area (Å²) >= 11 is 1.58. The van der Waals surface area contributed by atoms with Crippen LogP contribution in [0.5, 0.6) is 0 Å². The summed E-state index contributed by atoms with van der Waals surface area (Å²) in [6.07, 6.45) is 3.65. The van der Waals surface area contributed by atoms with Gasteiger partial charge in [0.05, 0.1) is 5.60 Å². The highest BCUT2D eigenvalue weighted by molar-refractivity contribution is 7.98. The van der Waals surface area contributed by atoms with E-state index >= 15 is 0 Å². The number of hydrogen-bond donors (Lipinski definition) is 2. The molecule has 0 saturated carbocycles. The molecular formula is C11H23NO2S. The fourth-order valence-corrected chi connectivity index (χ4v) is 2.17. The van der Waals surface area contributed by atoms with Crippen LogP contribution in [0.25, 0.3) is 0 Å². The Bertz CT molecular complexity index is 191. The fourth-order valence-electron chi connectivity index (χ4n) is 1.44. The van der Waals surface area contributed by atoms with Crippen molar-refractivity contribution in [2.75, 3.05) is 18.6 Å². The van der Waals surface area contributed by atoms with Gasteiger partial charge in [0, 0.05) is 18.2 Å². The lowest BCUT2D eigenvalue weighted by Crippen LogP contribution is -2.44. The molecule has 2 N–H and O–H groups in total. The van der Waals surface area contributed by atoms with Gasteiger partial charge >= 0.3 is 0 Å². The summed E-state index contributed by atoms with van der Waals surface area (Å²) < 4.78 is 0. The lowest BCUT2D eigenvalue weighted by atomic mass is 10.0. The standard InChI is InChI=1S/C11H23NO2S/c1-5-9(6-2)10(13)12-7-11(3,14)8-15-4/h9,14H,5-8H2,1-4H3,(H,12,13)/t11-/m0/s1. The molecule has 0 aromatic carbocycles. The highest BCUT2D eigenvalue weighted by Crippen LogP contribution is 2.11. The minimum absolute atomic E-state index is 0.0568. The quantitative estimate of drug-likeness (QED) is 0.703. The maximum absolute atomic E-state index is 11.6. The van der Waals surface area contributed by atoms with E-state index < -0.39 is 5.60 Å². The number of aliphatic hydroxyl groups is 1. The Morgan fingerprint density at radius 1 is 1.47 bits per heavy atom. The SMILES string of the molecule is CCC(CC)C(=O)NC[C@](C)(O)CSC. The summed E-state index contributed by atoms with van der Waals surface area (Å²) in [5.74, 6) is 0.771. The zero-order valence-corrected chi connectivity index (χ0v) is 11.0. The van der Waals surface area contributed by atoms with E-state index in [9.17, 15) is 9.90 Å². The van der Waals surface area contributed by atoms with Crippen molar-refractivity contribution >= 4 is 17.7 Å². The fraction of sp³-hybridized carbons (Fsp3) is 0.909. The molecule has 0 fully saturated rings. The largest absolute Gasteiger partial charge is 0.387 e. The zero-order valence-electron chi connectivity index (χ0n) is 10.2. The summed E-state index contributed by atoms with van der Waals surface area (Å²) in [4.78, 5) is 11.6. The molecule has 0 aromatic heterocycles. The predicted molar refractivity (Wildman–Crippen MR) is 66.1 cm³/mol. The highest BCUT2D eigenvalue weighted by atomic mass is 32.2. The average Bonchev–Trinajstić information content (AvgIpc) is 2.17. The predicted octanol–water partition coefficient (Wildman–Crippen LogP) is 1.65. The van der Waals surface area contributed by atoms with Gasteiger partial charge in [-0.3, -0.25) is 4.79 Å². The van der Waals surface area contributed by atoms with Crippen molar-refractivity contribution in [3.8, 4) is 0 Å². The third-order valence-corrected chi connectivity index (χ3v) is 3.37. The number of amides is 1. The van der Waals surface area contributed by atoms with Crippen LogP contribution in [0, 0.1) is 5.92 Å². The Morgan fingerprint density at radius 3 is 2.40 bits per heavy atom. The number of rotatable bonds is 7. The van der Waals surface area contributed by atoms with Crippen LogP contribution in [-0.4, -0.2) is 35.2 Å². The molecule has 0 radical (unpaired) electrons. The molecule has 0 aliphatic heterocycles. The second-order valence-electron chi connectivity index (χ2n) is 4.16. The van der Waals surface area contributed by atoms with Crippen molar-refractivity contribution in [3.63, 3.8) is 0 Å². The van der Waals surface area contributed by atoms with Gasteiger partial charge in [0.1, 0.15) is 0 Å². The van der Waals surface area contributed by atoms with Gasteiger partial charge in [0.25, 0.3) is 0 Å². The Hall–Kier alpha value is -0.220. The van der Waals surface area contributed by atoms with Crippen LogP contribution in [0.3, 0.4) is 0 Å². The number of carbonyl (C=O) groups excluding carboxylic acids is 1. The summed E-state index contributed by atoms with van der Waals surface area (Å²) in [6.45, 7) is 6.10. The van der Waals surface area contributed by atoms with Crippen LogP contribution in [0.15, 0.2) is 0 Å². The van der Waals surface area contributed by atoms with Crippen LogP contribution in [-0.2, 0) is 4.79 Å². The molecule has 15 heavy (non-hydrogen) atoms. The van der Waals surface area contributed by atoms with E-state index in [1.807, 2.05) is 20.1 Å². The molecule has 0 aliphatic rings. The Kier molecular flexibility index (Phi) is 7.02. The van der Waals surface area contributed by atoms with E-state index in [0.29, 0.717) is 12.3 Å². The van der Waals surface area contributed by atoms with Gasteiger partial charge < -0.3 is 10.4 Å². The molecule has 3 nitrogen and oxygen atoms in total. The number of thioether (sulfide) groups is 1. The highest BCUT2D eigenvalue weighted by Gasteiger charge is 2.22. The van der Waals surface area contributed by atoms with E-state index in [0.717, 1.165) is 12.8 Å². The first-order valence-corrected chi connectivity index (χ1v) is 6.85. The molecule has 0 aromatic rings. The Labute approximate surface area is 97.0 Å². The van der Waals surface area contributed by atoms with Crippen LogP contribution >= 0.6 is 11.8 Å². The number of hydrogen-bond acceptors (Lipinski definition) is 3. The Balaban J connectivity index is 3.98. The summed E-state index contributed by atoms with van der Waals surface area (Å²) in [6, 6.07) is 0. The molecular weight excluding hydrogens is 210 g/mol. The van der Waals surface area contributed by atoms with Crippen molar-refractivity contribution in [1.82, 2.24) is 5.32 Å². The normalized spacial score (nSPS) is 15.1. The molecule has 0 aliphatic carbocycles. The topological polar surface area (TPSA) is 49.3 Å². The third kappa shape index (κ3) is 6.05. The van der Waals surface area contributed by atoms with Crippen LogP contribution < -0.4 is 5.32 Å². The lowest BCUT2D eigenvalue weighted by Gasteiger charge is -2.23. The first kappa shape index (κ1) is 14.8. The third-order valence-electron chi connectivity index (χ3n) is 2.46. The molecule has 90 valence electrons. The molecule has 0 heterocycles. The second kappa shape index (κ2) is 7.12. The lowest BCUT2D eigenvalue weighted by molar-refractivity contribution is -0.126. The van der Waals surface area contributed by atoms with Crippen LogP contribution in [0.1, 0.15) is 33.6 Å². The number of carbonyl (C=O) groups is 1. The number of nitrogens with one attached hydrogen (secondary N) is 1. The van der Waals surface area contributed by atoms with Gasteiger partial charge in [-0.25, -0.2) is 0 Å². The van der Waals surface area contributed by atoms with Gasteiger partial charge in [-0.15, -0.1) is 0 Å². The van der Waals surface area contributed by atoms with Gasteiger partial charge in [0.2, 0.25) is 5.91 Å². The molecule has 1 atom stereocenters. The van der Waals surface area contributed by atoms with Crippen molar-refractivity contribution < 1.29 is 9.90 Å². The molecule has 0 bridgehead atoms. The Morgan fingerprint density at radius 2 is 2.00 bits per heavy atom. The van der Waals surface area contributed by atoms with Gasteiger partial charge in [-0.2, -0.15) is 11.8 Å². The zero-order chi connectivity index (χ0) is 11.9. The van der Waals surface area contributed by atoms with Gasteiger partial charge in [0.15, 0.2) is 0 Å². The van der Waals surface area contributed by atoms with Crippen molar-refractivity contribution in [1.29, 1.82) is 0 Å². The van der Waals surface area contributed by atoms with E-state index in [4.69, 9.17) is 0 Å². The van der Waals surface area contributed by atoms with Gasteiger partial charge in [-0.1, -0.05) is 13.8 Å². The molecule has 4 heteroatoms. The van der Waals surface area contributed by atoms with E-state index in [2.05, 4.69) is 5.32 Å². The monoisotopic (exact) mass is 233 g/mol. The molecule has 0 saturated heterocycles. The minimum Gasteiger partial charge on any atom is -0.387 e. The minimum atomic E-state index is -0.804. The molecule has 0 spiro atoms. The van der Waals surface area contributed by atoms with Crippen molar-refractivity contribution in [3.05, 3.63) is 0 Å². The van der Waals surface area contributed by atoms with Crippen LogP contribution in [0.4, 0.5) is 0 Å².